The summed E-state index contributed by atoms with van der Waals surface area (Å²) in [4.78, 5) is 13.7. The van der Waals surface area contributed by atoms with E-state index in [1.165, 1.54) is 57.8 Å². The van der Waals surface area contributed by atoms with E-state index in [-0.39, 0.29) is 5.97 Å². The van der Waals surface area contributed by atoms with Gasteiger partial charge in [-0.05, 0) is 27.4 Å². The maximum Gasteiger partial charge on any atom is 0.305 e. The minimum atomic E-state index is -0.0374. The smallest absolute Gasteiger partial charge is 0.305 e. The van der Waals surface area contributed by atoms with Gasteiger partial charge < -0.3 is 9.64 Å². The molecule has 0 N–H and O–H groups in total. The zero-order valence-electron chi connectivity index (χ0n) is 15.5. The Balaban J connectivity index is 3.23. The second kappa shape index (κ2) is 15.3. The van der Waals surface area contributed by atoms with Gasteiger partial charge in [-0.2, -0.15) is 0 Å². The molecule has 0 rings (SSSR count). The van der Waals surface area contributed by atoms with Crippen LogP contribution in [-0.4, -0.2) is 37.6 Å². The highest BCUT2D eigenvalue weighted by Crippen LogP contribution is 2.12. The molecule has 0 aliphatic carbocycles. The summed E-state index contributed by atoms with van der Waals surface area (Å²) in [6, 6.07) is 0.293. The molecule has 0 spiro atoms. The SMILES string of the molecule is CCCCCCCCCCCCCC(=O)OCC(C)N(C)C. The van der Waals surface area contributed by atoms with Crippen molar-refractivity contribution in [3.63, 3.8) is 0 Å². The maximum atomic E-state index is 11.6. The van der Waals surface area contributed by atoms with Crippen LogP contribution in [0.3, 0.4) is 0 Å². The van der Waals surface area contributed by atoms with Crippen LogP contribution in [0, 0.1) is 0 Å². The van der Waals surface area contributed by atoms with Crippen LogP contribution in [0.4, 0.5) is 0 Å². The fourth-order valence-electron chi connectivity index (χ4n) is 2.37. The summed E-state index contributed by atoms with van der Waals surface area (Å²) in [5, 5.41) is 0. The van der Waals surface area contributed by atoms with Crippen molar-refractivity contribution in [1.82, 2.24) is 4.90 Å². The average Bonchev–Trinajstić information content (AvgIpc) is 2.50. The van der Waals surface area contributed by atoms with Gasteiger partial charge in [0.15, 0.2) is 0 Å². The quantitative estimate of drug-likeness (QED) is 0.308. The van der Waals surface area contributed by atoms with Crippen molar-refractivity contribution in [2.24, 2.45) is 0 Å². The molecule has 0 fully saturated rings. The van der Waals surface area contributed by atoms with Crippen LogP contribution in [0.15, 0.2) is 0 Å². The van der Waals surface area contributed by atoms with Gasteiger partial charge in [-0.3, -0.25) is 4.79 Å². The number of unbranched alkanes of at least 4 members (excludes halogenated alkanes) is 10. The van der Waals surface area contributed by atoms with Gasteiger partial charge in [-0.25, -0.2) is 0 Å². The molecular weight excluding hydrogens is 274 g/mol. The fourth-order valence-corrected chi connectivity index (χ4v) is 2.37. The van der Waals surface area contributed by atoms with E-state index in [4.69, 9.17) is 4.74 Å². The Bertz CT molecular complexity index is 254. The lowest BCUT2D eigenvalue weighted by atomic mass is 10.1. The maximum absolute atomic E-state index is 11.6. The molecule has 132 valence electrons. The van der Waals surface area contributed by atoms with E-state index in [1.807, 2.05) is 14.1 Å². The van der Waals surface area contributed by atoms with Gasteiger partial charge >= 0.3 is 5.97 Å². The molecule has 0 radical (unpaired) electrons. The van der Waals surface area contributed by atoms with Crippen LogP contribution >= 0.6 is 0 Å². The fraction of sp³-hybridized carbons (Fsp3) is 0.947. The molecule has 1 unspecified atom stereocenters. The van der Waals surface area contributed by atoms with E-state index in [1.54, 1.807) is 0 Å². The molecule has 3 nitrogen and oxygen atoms in total. The topological polar surface area (TPSA) is 29.5 Å². The van der Waals surface area contributed by atoms with Crippen molar-refractivity contribution in [2.75, 3.05) is 20.7 Å². The number of hydrogen-bond donors (Lipinski definition) is 0. The van der Waals surface area contributed by atoms with Crippen molar-refractivity contribution < 1.29 is 9.53 Å². The van der Waals surface area contributed by atoms with Gasteiger partial charge in [0.25, 0.3) is 0 Å². The Morgan fingerprint density at radius 2 is 1.32 bits per heavy atom. The molecule has 0 amide bonds. The van der Waals surface area contributed by atoms with E-state index in [0.717, 1.165) is 12.8 Å². The highest BCUT2D eigenvalue weighted by molar-refractivity contribution is 5.69. The van der Waals surface area contributed by atoms with Gasteiger partial charge in [0.1, 0.15) is 6.61 Å². The van der Waals surface area contributed by atoms with E-state index >= 15 is 0 Å². The molecule has 22 heavy (non-hydrogen) atoms. The van der Waals surface area contributed by atoms with Crippen molar-refractivity contribution in [3.05, 3.63) is 0 Å². The molecule has 0 aliphatic heterocycles. The highest BCUT2D eigenvalue weighted by atomic mass is 16.5. The van der Waals surface area contributed by atoms with Gasteiger partial charge in [-0.1, -0.05) is 71.1 Å². The average molecular weight is 314 g/mol. The van der Waals surface area contributed by atoms with Crippen LogP contribution in [-0.2, 0) is 9.53 Å². The molecule has 0 aromatic heterocycles. The standard InChI is InChI=1S/C19H39NO2/c1-5-6-7-8-9-10-11-12-13-14-15-16-19(21)22-17-18(2)20(3)4/h18H,5-17H2,1-4H3. The summed E-state index contributed by atoms with van der Waals surface area (Å²) in [6.45, 7) is 4.83. The molecular formula is C19H39NO2. The number of carbonyl (C=O) groups is 1. The van der Waals surface area contributed by atoms with E-state index in [2.05, 4.69) is 18.7 Å². The Morgan fingerprint density at radius 1 is 0.864 bits per heavy atom. The number of ether oxygens (including phenoxy) is 1. The van der Waals surface area contributed by atoms with Crippen molar-refractivity contribution in [3.8, 4) is 0 Å². The molecule has 0 saturated carbocycles. The third-order valence-corrected chi connectivity index (χ3v) is 4.35. The van der Waals surface area contributed by atoms with E-state index < -0.39 is 0 Å². The summed E-state index contributed by atoms with van der Waals surface area (Å²) in [5.74, 6) is -0.0374. The number of nitrogens with zero attached hydrogens (tertiary/aromatic N) is 1. The molecule has 0 aliphatic rings. The first-order valence-electron chi connectivity index (χ1n) is 9.40. The summed E-state index contributed by atoms with van der Waals surface area (Å²) in [5.41, 5.74) is 0. The number of rotatable bonds is 15. The van der Waals surface area contributed by atoms with E-state index in [0.29, 0.717) is 19.1 Å². The minimum Gasteiger partial charge on any atom is -0.464 e. The van der Waals surface area contributed by atoms with Crippen LogP contribution in [0.25, 0.3) is 0 Å². The Labute approximate surface area is 138 Å². The Hall–Kier alpha value is -0.570. The van der Waals surface area contributed by atoms with Gasteiger partial charge in [-0.15, -0.1) is 0 Å². The summed E-state index contributed by atoms with van der Waals surface area (Å²) in [7, 11) is 4.00. The first kappa shape index (κ1) is 21.4. The van der Waals surface area contributed by atoms with Gasteiger partial charge in [0.2, 0.25) is 0 Å². The van der Waals surface area contributed by atoms with Crippen LogP contribution in [0.1, 0.15) is 90.9 Å². The zero-order chi connectivity index (χ0) is 16.6. The Morgan fingerprint density at radius 3 is 1.77 bits per heavy atom. The summed E-state index contributed by atoms with van der Waals surface area (Å²) >= 11 is 0. The highest BCUT2D eigenvalue weighted by Gasteiger charge is 2.08. The number of esters is 1. The third kappa shape index (κ3) is 14.4. The third-order valence-electron chi connectivity index (χ3n) is 4.35. The molecule has 0 aromatic rings. The van der Waals surface area contributed by atoms with E-state index in [9.17, 15) is 4.79 Å². The molecule has 1 atom stereocenters. The first-order valence-corrected chi connectivity index (χ1v) is 9.40. The summed E-state index contributed by atoms with van der Waals surface area (Å²) in [6.07, 6.45) is 15.0. The molecule has 0 heterocycles. The molecule has 0 saturated heterocycles. The largest absolute Gasteiger partial charge is 0.464 e. The monoisotopic (exact) mass is 313 g/mol. The lowest BCUT2D eigenvalue weighted by Crippen LogP contribution is -2.30. The normalized spacial score (nSPS) is 12.6. The summed E-state index contributed by atoms with van der Waals surface area (Å²) < 4.78 is 5.28. The lowest BCUT2D eigenvalue weighted by molar-refractivity contribution is -0.145. The zero-order valence-corrected chi connectivity index (χ0v) is 15.5. The van der Waals surface area contributed by atoms with Crippen LogP contribution in [0.5, 0.6) is 0 Å². The van der Waals surface area contributed by atoms with Crippen molar-refractivity contribution in [2.45, 2.75) is 96.9 Å². The molecule has 0 aromatic carbocycles. The number of hydrogen-bond acceptors (Lipinski definition) is 3. The second-order valence-corrected chi connectivity index (χ2v) is 6.78. The van der Waals surface area contributed by atoms with Crippen LogP contribution < -0.4 is 0 Å². The second-order valence-electron chi connectivity index (χ2n) is 6.78. The lowest BCUT2D eigenvalue weighted by Gasteiger charge is -2.19. The van der Waals surface area contributed by atoms with Crippen molar-refractivity contribution >= 4 is 5.97 Å². The Kier molecular flexibility index (Phi) is 14.9. The van der Waals surface area contributed by atoms with Gasteiger partial charge in [0, 0.05) is 12.5 Å². The predicted octanol–water partition coefficient (Wildman–Crippen LogP) is 5.18. The minimum absolute atomic E-state index is 0.0374. The van der Waals surface area contributed by atoms with Crippen molar-refractivity contribution in [1.29, 1.82) is 0 Å². The first-order chi connectivity index (χ1) is 10.6. The number of likely N-dealkylation sites (N-methyl/N-ethyl adjacent to an activating group) is 1. The predicted molar refractivity (Wildman–Crippen MR) is 95.2 cm³/mol. The molecule has 0 bridgehead atoms. The number of carbonyl (C=O) groups excluding carboxylic acids is 1. The molecule has 3 heteroatoms. The van der Waals surface area contributed by atoms with Crippen LogP contribution in [0.2, 0.25) is 0 Å². The van der Waals surface area contributed by atoms with Gasteiger partial charge in [0.05, 0.1) is 0 Å².